The first-order chi connectivity index (χ1) is 12.2. The van der Waals surface area contributed by atoms with Crippen LogP contribution in [-0.2, 0) is 4.79 Å². The molecule has 6 heteroatoms. The summed E-state index contributed by atoms with van der Waals surface area (Å²) in [4.78, 5) is 31.0. The van der Waals surface area contributed by atoms with Crippen molar-refractivity contribution >= 4 is 11.9 Å². The van der Waals surface area contributed by atoms with Gasteiger partial charge in [0.1, 0.15) is 0 Å². The van der Waals surface area contributed by atoms with Gasteiger partial charge < -0.3 is 15.1 Å². The molecule has 2 aliphatic carbocycles. The van der Waals surface area contributed by atoms with Gasteiger partial charge in [0.2, 0.25) is 5.91 Å². The number of carbonyl (C=O) groups is 2. The molecule has 6 nitrogen and oxygen atoms in total. The normalized spacial score (nSPS) is 30.2. The molecular formula is C19H32N4O2. The van der Waals surface area contributed by atoms with Crippen LogP contribution in [0.25, 0.3) is 0 Å². The van der Waals surface area contributed by atoms with Crippen LogP contribution in [-0.4, -0.2) is 79.0 Å². The summed E-state index contributed by atoms with van der Waals surface area (Å²) < 4.78 is 0. The highest BCUT2D eigenvalue weighted by atomic mass is 16.2. The van der Waals surface area contributed by atoms with E-state index in [-0.39, 0.29) is 6.03 Å². The van der Waals surface area contributed by atoms with Crippen molar-refractivity contribution in [2.75, 3.05) is 52.4 Å². The molecule has 0 bridgehead atoms. The molecule has 4 aliphatic rings. The standard InChI is InChI=1S/C19H32N4O2/c24-18(15-3-1-4-15)22-11-9-21(10-12-22)8-7-20-19(25)23-13-16-5-2-6-17(16)14-23/h15-17H,1-14H2,(H,20,25)/t16-,17-/m0/s1. The number of urea groups is 1. The van der Waals surface area contributed by atoms with Crippen molar-refractivity contribution in [1.29, 1.82) is 0 Å². The highest BCUT2D eigenvalue weighted by molar-refractivity contribution is 5.79. The minimum Gasteiger partial charge on any atom is -0.340 e. The molecule has 0 aromatic carbocycles. The molecule has 0 spiro atoms. The largest absolute Gasteiger partial charge is 0.340 e. The molecule has 1 N–H and O–H groups in total. The van der Waals surface area contributed by atoms with E-state index in [2.05, 4.69) is 10.2 Å². The summed E-state index contributed by atoms with van der Waals surface area (Å²) in [5, 5.41) is 3.10. The lowest BCUT2D eigenvalue weighted by Crippen LogP contribution is -2.52. The van der Waals surface area contributed by atoms with Gasteiger partial charge in [0.15, 0.2) is 0 Å². The number of fused-ring (bicyclic) bond motifs is 1. The molecule has 3 amide bonds. The van der Waals surface area contributed by atoms with Crippen LogP contribution in [0.2, 0.25) is 0 Å². The van der Waals surface area contributed by atoms with Gasteiger partial charge in [-0.25, -0.2) is 4.79 Å². The van der Waals surface area contributed by atoms with E-state index in [0.29, 0.717) is 18.4 Å². The first kappa shape index (κ1) is 17.1. The van der Waals surface area contributed by atoms with Crippen LogP contribution in [0.4, 0.5) is 4.79 Å². The van der Waals surface area contributed by atoms with Crippen LogP contribution in [0.15, 0.2) is 0 Å². The van der Waals surface area contributed by atoms with Gasteiger partial charge >= 0.3 is 6.03 Å². The molecule has 140 valence electrons. The quantitative estimate of drug-likeness (QED) is 0.835. The Morgan fingerprint density at radius 3 is 2.08 bits per heavy atom. The molecular weight excluding hydrogens is 316 g/mol. The molecule has 25 heavy (non-hydrogen) atoms. The van der Waals surface area contributed by atoms with Gasteiger partial charge in [0.05, 0.1) is 0 Å². The second-order valence-electron chi connectivity index (χ2n) is 8.38. The number of carbonyl (C=O) groups excluding carboxylic acids is 2. The molecule has 0 aromatic heterocycles. The van der Waals surface area contributed by atoms with E-state index in [1.165, 1.54) is 25.7 Å². The summed E-state index contributed by atoms with van der Waals surface area (Å²) in [5.74, 6) is 2.20. The van der Waals surface area contributed by atoms with Gasteiger partial charge in [-0.05, 0) is 37.5 Å². The predicted octanol–water partition coefficient (Wildman–Crippen LogP) is 1.37. The summed E-state index contributed by atoms with van der Waals surface area (Å²) >= 11 is 0. The topological polar surface area (TPSA) is 55.9 Å². The number of hydrogen-bond donors (Lipinski definition) is 1. The average Bonchev–Trinajstić information content (AvgIpc) is 3.15. The summed E-state index contributed by atoms with van der Waals surface area (Å²) in [6.07, 6.45) is 7.35. The molecule has 0 radical (unpaired) electrons. The van der Waals surface area contributed by atoms with E-state index >= 15 is 0 Å². The lowest BCUT2D eigenvalue weighted by Gasteiger charge is -2.38. The molecule has 4 fully saturated rings. The number of rotatable bonds is 4. The molecule has 0 aromatic rings. The van der Waals surface area contributed by atoms with Crippen molar-refractivity contribution in [2.45, 2.75) is 38.5 Å². The zero-order valence-corrected chi connectivity index (χ0v) is 15.3. The number of piperazine rings is 1. The van der Waals surface area contributed by atoms with Gasteiger partial charge in [-0.2, -0.15) is 0 Å². The second-order valence-corrected chi connectivity index (χ2v) is 8.38. The van der Waals surface area contributed by atoms with Crippen molar-refractivity contribution in [3.8, 4) is 0 Å². The first-order valence-electron chi connectivity index (χ1n) is 10.2. The van der Waals surface area contributed by atoms with Crippen molar-refractivity contribution in [3.63, 3.8) is 0 Å². The lowest BCUT2D eigenvalue weighted by atomic mass is 9.84. The number of nitrogens with one attached hydrogen (secondary N) is 1. The zero-order chi connectivity index (χ0) is 17.2. The zero-order valence-electron chi connectivity index (χ0n) is 15.3. The fourth-order valence-corrected chi connectivity index (χ4v) is 4.94. The molecule has 0 unspecified atom stereocenters. The maximum Gasteiger partial charge on any atom is 0.317 e. The maximum absolute atomic E-state index is 12.3. The Bertz CT molecular complexity index is 488. The molecule has 2 atom stereocenters. The number of amides is 3. The van der Waals surface area contributed by atoms with E-state index in [4.69, 9.17) is 0 Å². The van der Waals surface area contributed by atoms with Crippen molar-refractivity contribution in [1.82, 2.24) is 20.0 Å². The monoisotopic (exact) mass is 348 g/mol. The maximum atomic E-state index is 12.3. The number of nitrogens with zero attached hydrogens (tertiary/aromatic N) is 3. The smallest absolute Gasteiger partial charge is 0.317 e. The Morgan fingerprint density at radius 1 is 0.840 bits per heavy atom. The van der Waals surface area contributed by atoms with Gasteiger partial charge in [0.25, 0.3) is 0 Å². The van der Waals surface area contributed by atoms with Crippen LogP contribution < -0.4 is 5.32 Å². The van der Waals surface area contributed by atoms with E-state index in [0.717, 1.165) is 70.5 Å². The third kappa shape index (κ3) is 3.78. The van der Waals surface area contributed by atoms with E-state index in [1.54, 1.807) is 0 Å². The lowest BCUT2D eigenvalue weighted by molar-refractivity contribution is -0.139. The van der Waals surface area contributed by atoms with Crippen molar-refractivity contribution in [2.24, 2.45) is 17.8 Å². The molecule has 2 saturated carbocycles. The summed E-state index contributed by atoms with van der Waals surface area (Å²) in [7, 11) is 0. The van der Waals surface area contributed by atoms with Crippen molar-refractivity contribution < 1.29 is 9.59 Å². The molecule has 2 heterocycles. The fourth-order valence-electron chi connectivity index (χ4n) is 4.94. The van der Waals surface area contributed by atoms with Gasteiger partial charge in [-0.3, -0.25) is 9.69 Å². The Morgan fingerprint density at radius 2 is 1.48 bits per heavy atom. The highest BCUT2D eigenvalue weighted by Gasteiger charge is 2.38. The number of likely N-dealkylation sites (tertiary alicyclic amines) is 1. The molecule has 2 aliphatic heterocycles. The van der Waals surface area contributed by atoms with Crippen LogP contribution in [0.5, 0.6) is 0 Å². The number of hydrogen-bond acceptors (Lipinski definition) is 3. The van der Waals surface area contributed by atoms with Gasteiger partial charge in [-0.15, -0.1) is 0 Å². The first-order valence-corrected chi connectivity index (χ1v) is 10.2. The summed E-state index contributed by atoms with van der Waals surface area (Å²) in [5.41, 5.74) is 0. The van der Waals surface area contributed by atoms with Crippen LogP contribution in [0.1, 0.15) is 38.5 Å². The van der Waals surface area contributed by atoms with E-state index in [9.17, 15) is 9.59 Å². The minimum absolute atomic E-state index is 0.119. The van der Waals surface area contributed by atoms with E-state index in [1.807, 2.05) is 9.80 Å². The van der Waals surface area contributed by atoms with Gasteiger partial charge in [-0.1, -0.05) is 12.8 Å². The Labute approximate surface area is 150 Å². The van der Waals surface area contributed by atoms with Crippen LogP contribution >= 0.6 is 0 Å². The van der Waals surface area contributed by atoms with Crippen LogP contribution in [0, 0.1) is 17.8 Å². The second kappa shape index (κ2) is 7.52. The Hall–Kier alpha value is -1.30. The SMILES string of the molecule is O=C(NCCN1CCN(C(=O)C2CCC2)CC1)N1C[C@@H]2CCC[C@H]2C1. The average molecular weight is 348 g/mol. The third-order valence-corrected chi connectivity index (χ3v) is 6.86. The van der Waals surface area contributed by atoms with E-state index < -0.39 is 0 Å². The van der Waals surface area contributed by atoms with Crippen LogP contribution in [0.3, 0.4) is 0 Å². The third-order valence-electron chi connectivity index (χ3n) is 6.86. The van der Waals surface area contributed by atoms with Crippen molar-refractivity contribution in [3.05, 3.63) is 0 Å². The predicted molar refractivity (Wildman–Crippen MR) is 96.2 cm³/mol. The Kier molecular flexibility index (Phi) is 5.15. The van der Waals surface area contributed by atoms with Gasteiger partial charge in [0, 0.05) is 58.3 Å². The fraction of sp³-hybridized carbons (Fsp3) is 0.895. The summed E-state index contributed by atoms with van der Waals surface area (Å²) in [6, 6.07) is 0.119. The molecule has 2 saturated heterocycles. The molecule has 4 rings (SSSR count). The summed E-state index contributed by atoms with van der Waals surface area (Å²) in [6.45, 7) is 7.07. The minimum atomic E-state index is 0.119. The highest BCUT2D eigenvalue weighted by Crippen LogP contribution is 2.37. The Balaban J connectivity index is 1.12.